The Hall–Kier alpha value is -5.83. The maximum absolute atomic E-state index is 13.2. The Morgan fingerprint density at radius 1 is 0.492 bits per heavy atom. The first kappa shape index (κ1) is 44.3. The summed E-state index contributed by atoms with van der Waals surface area (Å²) < 4.78 is 21.4. The van der Waals surface area contributed by atoms with Gasteiger partial charge < -0.3 is 45.5 Å². The maximum atomic E-state index is 13.2. The number of benzene rings is 4. The van der Waals surface area contributed by atoms with Gasteiger partial charge in [0.1, 0.15) is 0 Å². The van der Waals surface area contributed by atoms with E-state index in [0.29, 0.717) is 78.8 Å². The van der Waals surface area contributed by atoms with E-state index < -0.39 is 0 Å². The second-order valence-corrected chi connectivity index (χ2v) is 13.4. The predicted molar refractivity (Wildman–Crippen MR) is 228 cm³/mol. The molecule has 2 heterocycles. The van der Waals surface area contributed by atoms with Gasteiger partial charge in [-0.25, -0.2) is 0 Å². The number of anilines is 2. The van der Waals surface area contributed by atoms with Crippen LogP contribution in [-0.2, 0) is 46.4 Å². The maximum Gasteiger partial charge on any atom is 0.229 e. The molecular formula is C47H53N5O7. The van der Waals surface area contributed by atoms with Crippen molar-refractivity contribution in [3.05, 3.63) is 130 Å². The molecule has 0 unspecified atom stereocenters. The first-order valence-electron chi connectivity index (χ1n) is 19.9. The number of nitrogens with two attached hydrogens (primary N) is 2. The highest BCUT2D eigenvalue weighted by Crippen LogP contribution is 2.27. The zero-order chi connectivity index (χ0) is 41.5. The summed E-state index contributed by atoms with van der Waals surface area (Å²) in [5.41, 5.74) is 18.1. The van der Waals surface area contributed by atoms with Gasteiger partial charge in [0.05, 0.1) is 77.3 Å². The number of nitrogens with zero attached hydrogens (tertiary/aromatic N) is 2. The van der Waals surface area contributed by atoms with Gasteiger partial charge in [0.15, 0.2) is 0 Å². The minimum Gasteiger partial charge on any atom is -0.379 e. The number of amides is 3. The van der Waals surface area contributed by atoms with Crippen molar-refractivity contribution in [1.29, 1.82) is 0 Å². The number of ether oxygens (including phenoxy) is 4. The van der Waals surface area contributed by atoms with Gasteiger partial charge in [0.25, 0.3) is 0 Å². The summed E-state index contributed by atoms with van der Waals surface area (Å²) in [6, 6.07) is 31.2. The molecule has 0 aliphatic carbocycles. The summed E-state index contributed by atoms with van der Waals surface area (Å²) in [5, 5.41) is 2.81. The fourth-order valence-electron chi connectivity index (χ4n) is 6.22. The lowest BCUT2D eigenvalue weighted by atomic mass is 10.0. The number of nitrogens with one attached hydrogen (secondary N) is 1. The van der Waals surface area contributed by atoms with Gasteiger partial charge in [0.2, 0.25) is 17.7 Å². The van der Waals surface area contributed by atoms with E-state index in [1.807, 2.05) is 97.1 Å². The van der Waals surface area contributed by atoms with Crippen LogP contribution in [0.25, 0.3) is 0 Å². The number of para-hydroxylation sites is 2. The second-order valence-electron chi connectivity index (χ2n) is 13.4. The standard InChI is InChI=1S/C29H37N3O6.C18H16N2O/c30-13-16-36-18-20-38-22-21-37-19-17-35-15-12-28(33)31-14-11-29(34)32-23-26-7-2-1-5-24(26)9-10-25-6-3-4-8-27(25)32;19-12-11-18(21)20-13-16-7-2-1-5-14(16)9-10-15-6-3-4-8-17(15)20/h1-8H,11-23,30H2,(H,31,33);1-8H,11-13,19H2. The van der Waals surface area contributed by atoms with Crippen LogP contribution in [0.2, 0.25) is 0 Å². The molecule has 0 fully saturated rings. The van der Waals surface area contributed by atoms with Crippen LogP contribution >= 0.6 is 0 Å². The molecule has 4 aromatic carbocycles. The fraction of sp³-hybridized carbons (Fsp3) is 0.340. The van der Waals surface area contributed by atoms with Gasteiger partial charge >= 0.3 is 0 Å². The minimum absolute atomic E-state index is 0.0310. The monoisotopic (exact) mass is 799 g/mol. The van der Waals surface area contributed by atoms with Crippen molar-refractivity contribution in [3.63, 3.8) is 0 Å². The van der Waals surface area contributed by atoms with E-state index in [1.165, 1.54) is 0 Å². The summed E-state index contributed by atoms with van der Waals surface area (Å²) in [6.45, 7) is 5.68. The summed E-state index contributed by atoms with van der Waals surface area (Å²) in [7, 11) is 0. The van der Waals surface area contributed by atoms with E-state index in [-0.39, 0.29) is 43.7 Å². The van der Waals surface area contributed by atoms with Crippen molar-refractivity contribution < 1.29 is 33.3 Å². The molecule has 59 heavy (non-hydrogen) atoms. The van der Waals surface area contributed by atoms with Gasteiger partial charge in [-0.15, -0.1) is 0 Å². The summed E-state index contributed by atoms with van der Waals surface area (Å²) in [6.07, 6.45) is 0.741. The quantitative estimate of drug-likeness (QED) is 0.0937. The lowest BCUT2D eigenvalue weighted by molar-refractivity contribution is -0.123. The number of hydrogen-bond acceptors (Lipinski definition) is 9. The Balaban J connectivity index is 0.000000264. The van der Waals surface area contributed by atoms with Crippen molar-refractivity contribution in [3.8, 4) is 23.7 Å². The molecule has 0 saturated heterocycles. The summed E-state index contributed by atoms with van der Waals surface area (Å²) >= 11 is 0. The first-order chi connectivity index (χ1) is 29.0. The van der Waals surface area contributed by atoms with Gasteiger partial charge in [0, 0.05) is 61.2 Å². The molecule has 12 nitrogen and oxygen atoms in total. The first-order valence-corrected chi connectivity index (χ1v) is 19.9. The molecule has 2 aliphatic rings. The van der Waals surface area contributed by atoms with E-state index in [4.69, 9.17) is 30.4 Å². The van der Waals surface area contributed by atoms with Gasteiger partial charge in [-0.05, 0) is 47.5 Å². The fourth-order valence-corrected chi connectivity index (χ4v) is 6.22. The van der Waals surface area contributed by atoms with Crippen LogP contribution in [0.3, 0.4) is 0 Å². The molecular weight excluding hydrogens is 747 g/mol. The van der Waals surface area contributed by atoms with E-state index >= 15 is 0 Å². The van der Waals surface area contributed by atoms with Gasteiger partial charge in [-0.1, -0.05) is 84.3 Å². The topological polar surface area (TPSA) is 159 Å². The molecule has 2 aliphatic heterocycles. The summed E-state index contributed by atoms with van der Waals surface area (Å²) in [4.78, 5) is 41.3. The highest BCUT2D eigenvalue weighted by molar-refractivity contribution is 5.96. The number of fused-ring (bicyclic) bond motifs is 4. The van der Waals surface area contributed by atoms with E-state index in [0.717, 1.165) is 44.8 Å². The van der Waals surface area contributed by atoms with Crippen LogP contribution in [0.4, 0.5) is 11.4 Å². The molecule has 0 saturated carbocycles. The van der Waals surface area contributed by atoms with Gasteiger partial charge in [-0.3, -0.25) is 14.4 Å². The van der Waals surface area contributed by atoms with Crippen molar-refractivity contribution in [1.82, 2.24) is 5.32 Å². The molecule has 0 aromatic heterocycles. The van der Waals surface area contributed by atoms with E-state index in [2.05, 4.69) is 29.0 Å². The third kappa shape index (κ3) is 14.2. The van der Waals surface area contributed by atoms with Crippen molar-refractivity contribution in [2.45, 2.75) is 32.4 Å². The largest absolute Gasteiger partial charge is 0.379 e. The number of hydrogen-bond donors (Lipinski definition) is 3. The molecule has 308 valence electrons. The van der Waals surface area contributed by atoms with Gasteiger partial charge in [-0.2, -0.15) is 0 Å². The molecule has 12 heteroatoms. The average molecular weight is 800 g/mol. The van der Waals surface area contributed by atoms with Crippen LogP contribution < -0.4 is 26.6 Å². The zero-order valence-electron chi connectivity index (χ0n) is 33.5. The Bertz CT molecular complexity index is 2120. The molecule has 5 N–H and O–H groups in total. The number of carbonyl (C=O) groups is 3. The van der Waals surface area contributed by atoms with Crippen molar-refractivity contribution >= 4 is 29.1 Å². The Morgan fingerprint density at radius 2 is 0.898 bits per heavy atom. The van der Waals surface area contributed by atoms with E-state index in [9.17, 15) is 14.4 Å². The number of carbonyl (C=O) groups excluding carboxylic acids is 3. The predicted octanol–water partition coefficient (Wildman–Crippen LogP) is 4.14. The number of rotatable bonds is 19. The van der Waals surface area contributed by atoms with Crippen LogP contribution in [0.1, 0.15) is 52.6 Å². The van der Waals surface area contributed by atoms with E-state index in [1.54, 1.807) is 9.80 Å². The third-order valence-corrected chi connectivity index (χ3v) is 9.22. The molecule has 3 amide bonds. The lowest BCUT2D eigenvalue weighted by Gasteiger charge is -2.26. The van der Waals surface area contributed by atoms with Crippen LogP contribution in [0.15, 0.2) is 97.1 Å². The zero-order valence-corrected chi connectivity index (χ0v) is 33.5. The van der Waals surface area contributed by atoms with Crippen LogP contribution in [-0.4, -0.2) is 90.2 Å². The summed E-state index contributed by atoms with van der Waals surface area (Å²) in [5.74, 6) is 12.6. The van der Waals surface area contributed by atoms with Crippen molar-refractivity contribution in [2.24, 2.45) is 11.5 Å². The minimum atomic E-state index is -0.159. The molecule has 4 aromatic rings. The highest BCUT2D eigenvalue weighted by atomic mass is 16.6. The third-order valence-electron chi connectivity index (χ3n) is 9.22. The lowest BCUT2D eigenvalue weighted by Crippen LogP contribution is -2.35. The molecule has 0 bridgehead atoms. The Morgan fingerprint density at radius 3 is 1.39 bits per heavy atom. The molecule has 0 radical (unpaired) electrons. The van der Waals surface area contributed by atoms with Crippen molar-refractivity contribution in [2.75, 3.05) is 82.3 Å². The second kappa shape index (κ2) is 24.8. The average Bonchev–Trinajstić information content (AvgIpc) is 3.24. The smallest absolute Gasteiger partial charge is 0.229 e. The highest BCUT2D eigenvalue weighted by Gasteiger charge is 2.22. The normalized spacial score (nSPS) is 12.1. The molecule has 0 spiro atoms. The van der Waals surface area contributed by atoms with Crippen LogP contribution in [0, 0.1) is 23.7 Å². The Kier molecular flexibility index (Phi) is 18.6. The Labute approximate surface area is 347 Å². The molecule has 0 atom stereocenters. The van der Waals surface area contributed by atoms with Crippen LogP contribution in [0.5, 0.6) is 0 Å². The molecule has 6 rings (SSSR count). The SMILES string of the molecule is NCCC(=O)N1Cc2ccccc2C#Cc2ccccc21.NCCOCCOCCOCCOCCC(=O)NCCC(=O)N1Cc2ccccc2C#Cc2ccccc21.